The molecule has 20 heavy (non-hydrogen) atoms. The summed E-state index contributed by atoms with van der Waals surface area (Å²) in [6.07, 6.45) is -5.85. The highest BCUT2D eigenvalue weighted by Crippen LogP contribution is 2.45. The lowest BCUT2D eigenvalue weighted by atomic mass is 9.97. The van der Waals surface area contributed by atoms with Crippen molar-refractivity contribution in [2.45, 2.75) is 32.0 Å². The SMILES string of the molecule is CCNC(c1cc(C)c(F)cc1F)C(F)(F)C(F)(F)F. The number of alkyl halides is 5. The molecule has 114 valence electrons. The Morgan fingerprint density at radius 3 is 2.05 bits per heavy atom. The highest BCUT2D eigenvalue weighted by Gasteiger charge is 2.63. The van der Waals surface area contributed by atoms with Gasteiger partial charge < -0.3 is 5.32 Å². The van der Waals surface area contributed by atoms with Crippen molar-refractivity contribution >= 4 is 0 Å². The molecule has 1 aromatic rings. The van der Waals surface area contributed by atoms with Crippen LogP contribution >= 0.6 is 0 Å². The highest BCUT2D eigenvalue weighted by molar-refractivity contribution is 5.30. The first-order valence-corrected chi connectivity index (χ1v) is 5.65. The summed E-state index contributed by atoms with van der Waals surface area (Å²) in [4.78, 5) is 0. The van der Waals surface area contributed by atoms with E-state index in [2.05, 4.69) is 0 Å². The molecule has 1 nitrogen and oxygen atoms in total. The van der Waals surface area contributed by atoms with Gasteiger partial charge in [0.2, 0.25) is 0 Å². The summed E-state index contributed by atoms with van der Waals surface area (Å²) in [6, 6.07) is -1.68. The van der Waals surface area contributed by atoms with Crippen LogP contribution in [0.2, 0.25) is 0 Å². The number of hydrogen-bond donors (Lipinski definition) is 1. The molecule has 0 saturated carbocycles. The first-order chi connectivity index (χ1) is 9.02. The molecule has 0 aliphatic rings. The molecule has 8 heteroatoms. The van der Waals surface area contributed by atoms with Gasteiger partial charge in [0.05, 0.1) is 0 Å². The van der Waals surface area contributed by atoms with Crippen LogP contribution < -0.4 is 5.32 Å². The van der Waals surface area contributed by atoms with Gasteiger partial charge in [-0.2, -0.15) is 22.0 Å². The van der Waals surface area contributed by atoms with Gasteiger partial charge in [-0.25, -0.2) is 8.78 Å². The van der Waals surface area contributed by atoms with Gasteiger partial charge in [-0.3, -0.25) is 0 Å². The quantitative estimate of drug-likeness (QED) is 0.825. The van der Waals surface area contributed by atoms with E-state index < -0.39 is 35.3 Å². The van der Waals surface area contributed by atoms with Crippen LogP contribution in [0.25, 0.3) is 0 Å². The number of hydrogen-bond acceptors (Lipinski definition) is 1. The zero-order valence-electron chi connectivity index (χ0n) is 10.6. The fraction of sp³-hybridized carbons (Fsp3) is 0.500. The molecule has 0 saturated heterocycles. The topological polar surface area (TPSA) is 12.0 Å². The van der Waals surface area contributed by atoms with E-state index in [0.717, 1.165) is 6.92 Å². The summed E-state index contributed by atoms with van der Waals surface area (Å²) in [5, 5.41) is 1.90. The van der Waals surface area contributed by atoms with Gasteiger partial charge in [0.1, 0.15) is 17.7 Å². The minimum Gasteiger partial charge on any atom is -0.305 e. The molecule has 1 unspecified atom stereocenters. The molecule has 0 aromatic heterocycles. The Morgan fingerprint density at radius 2 is 1.60 bits per heavy atom. The molecule has 1 rings (SSSR count). The zero-order chi connectivity index (χ0) is 15.7. The van der Waals surface area contributed by atoms with E-state index in [1.54, 1.807) is 0 Å². The Balaban J connectivity index is 3.39. The minimum atomic E-state index is -5.85. The van der Waals surface area contributed by atoms with Crippen LogP contribution in [-0.2, 0) is 0 Å². The lowest BCUT2D eigenvalue weighted by molar-refractivity contribution is -0.294. The molecule has 1 N–H and O–H groups in total. The average Bonchev–Trinajstić information content (AvgIpc) is 2.29. The largest absolute Gasteiger partial charge is 0.455 e. The van der Waals surface area contributed by atoms with Gasteiger partial charge in [-0.15, -0.1) is 0 Å². The smallest absolute Gasteiger partial charge is 0.305 e. The van der Waals surface area contributed by atoms with Crippen LogP contribution in [0.15, 0.2) is 12.1 Å². The van der Waals surface area contributed by atoms with Crippen LogP contribution in [0.1, 0.15) is 24.1 Å². The lowest BCUT2D eigenvalue weighted by Gasteiger charge is -2.30. The summed E-state index contributed by atoms with van der Waals surface area (Å²) < 4.78 is 90.7. The Morgan fingerprint density at radius 1 is 1.05 bits per heavy atom. The highest BCUT2D eigenvalue weighted by atomic mass is 19.4. The standard InChI is InChI=1S/C12H12F7N/c1-3-20-10(11(15,16)12(17,18)19)7-4-6(2)8(13)5-9(7)14/h4-5,10,20H,3H2,1-2H3. The van der Waals surface area contributed by atoms with E-state index in [1.807, 2.05) is 5.32 Å². The van der Waals surface area contributed by atoms with Crippen molar-refractivity contribution in [1.29, 1.82) is 0 Å². The summed E-state index contributed by atoms with van der Waals surface area (Å²) >= 11 is 0. The van der Waals surface area contributed by atoms with Crippen molar-refractivity contribution in [2.75, 3.05) is 6.54 Å². The third-order valence-electron chi connectivity index (χ3n) is 2.74. The molecule has 0 spiro atoms. The monoisotopic (exact) mass is 303 g/mol. The van der Waals surface area contributed by atoms with E-state index in [4.69, 9.17) is 0 Å². The number of benzene rings is 1. The fourth-order valence-corrected chi connectivity index (χ4v) is 1.70. The molecule has 0 amide bonds. The molecule has 0 radical (unpaired) electrons. The van der Waals surface area contributed by atoms with Crippen molar-refractivity contribution in [1.82, 2.24) is 5.32 Å². The third kappa shape index (κ3) is 3.05. The Hall–Kier alpha value is -1.31. The average molecular weight is 303 g/mol. The van der Waals surface area contributed by atoms with Crippen LogP contribution in [0.3, 0.4) is 0 Å². The van der Waals surface area contributed by atoms with Gasteiger partial charge >= 0.3 is 12.1 Å². The maximum Gasteiger partial charge on any atom is 0.455 e. The van der Waals surface area contributed by atoms with Crippen LogP contribution in [-0.4, -0.2) is 18.6 Å². The second-order valence-corrected chi connectivity index (χ2v) is 4.23. The number of halogens is 7. The molecular weight excluding hydrogens is 291 g/mol. The maximum absolute atomic E-state index is 13.5. The summed E-state index contributed by atoms with van der Waals surface area (Å²) in [5.74, 6) is -7.66. The molecular formula is C12H12F7N. The second-order valence-electron chi connectivity index (χ2n) is 4.23. The van der Waals surface area contributed by atoms with Crippen LogP contribution in [0.4, 0.5) is 30.7 Å². The summed E-state index contributed by atoms with van der Waals surface area (Å²) in [6.45, 7) is 2.20. The van der Waals surface area contributed by atoms with Crippen LogP contribution in [0, 0.1) is 18.6 Å². The van der Waals surface area contributed by atoms with E-state index in [0.29, 0.717) is 12.1 Å². The van der Waals surface area contributed by atoms with Crippen LogP contribution in [0.5, 0.6) is 0 Å². The molecule has 0 aliphatic heterocycles. The first kappa shape index (κ1) is 16.7. The van der Waals surface area contributed by atoms with E-state index >= 15 is 0 Å². The van der Waals surface area contributed by atoms with Gasteiger partial charge in [-0.1, -0.05) is 6.92 Å². The third-order valence-corrected chi connectivity index (χ3v) is 2.74. The maximum atomic E-state index is 13.5. The second kappa shape index (κ2) is 5.59. The number of aryl methyl sites for hydroxylation is 1. The predicted octanol–water partition coefficient (Wildman–Crippen LogP) is 4.12. The molecule has 0 fully saturated rings. The van der Waals surface area contributed by atoms with E-state index in [-0.39, 0.29) is 12.1 Å². The van der Waals surface area contributed by atoms with Crippen molar-refractivity contribution in [2.24, 2.45) is 0 Å². The van der Waals surface area contributed by atoms with E-state index in [1.165, 1.54) is 6.92 Å². The molecule has 0 aliphatic carbocycles. The van der Waals surface area contributed by atoms with Crippen molar-refractivity contribution < 1.29 is 30.7 Å². The normalized spacial score (nSPS) is 14.4. The Labute approximate surface area is 110 Å². The molecule has 1 atom stereocenters. The van der Waals surface area contributed by atoms with Gasteiger partial charge in [0, 0.05) is 11.6 Å². The fourth-order valence-electron chi connectivity index (χ4n) is 1.70. The predicted molar refractivity (Wildman–Crippen MR) is 58.5 cm³/mol. The van der Waals surface area contributed by atoms with Gasteiger partial charge in [-0.05, 0) is 25.1 Å². The zero-order valence-corrected chi connectivity index (χ0v) is 10.6. The van der Waals surface area contributed by atoms with E-state index in [9.17, 15) is 30.7 Å². The van der Waals surface area contributed by atoms with Gasteiger partial charge in [0.25, 0.3) is 0 Å². The first-order valence-electron chi connectivity index (χ1n) is 5.65. The Kier molecular flexibility index (Phi) is 4.68. The Bertz CT molecular complexity index is 481. The summed E-state index contributed by atoms with van der Waals surface area (Å²) in [5.41, 5.74) is -1.14. The lowest BCUT2D eigenvalue weighted by Crippen LogP contribution is -2.48. The minimum absolute atomic E-state index is 0.220. The van der Waals surface area contributed by atoms with Crippen molar-refractivity contribution in [3.05, 3.63) is 34.9 Å². The molecule has 0 bridgehead atoms. The van der Waals surface area contributed by atoms with Crippen molar-refractivity contribution in [3.63, 3.8) is 0 Å². The number of nitrogens with one attached hydrogen (secondary N) is 1. The number of rotatable bonds is 4. The van der Waals surface area contributed by atoms with Crippen molar-refractivity contribution in [3.8, 4) is 0 Å². The molecule has 0 heterocycles. The molecule has 1 aromatic carbocycles. The van der Waals surface area contributed by atoms with Gasteiger partial charge in [0.15, 0.2) is 0 Å². The summed E-state index contributed by atoms with van der Waals surface area (Å²) in [7, 11) is 0.